The normalized spacial score (nSPS) is 12.3. The van der Waals surface area contributed by atoms with Gasteiger partial charge in [-0.05, 0) is 96.3 Å². The van der Waals surface area contributed by atoms with Gasteiger partial charge < -0.3 is 14.2 Å². The summed E-state index contributed by atoms with van der Waals surface area (Å²) in [5.41, 5.74) is 0. The smallest absolute Gasteiger partial charge is 0.306 e. The topological polar surface area (TPSA) is 78.9 Å². The average molecular weight is 1080 g/mol. The first kappa shape index (κ1) is 74.4. The number of unbranched alkanes of at least 4 members (excludes halogenated alkanes) is 44. The van der Waals surface area contributed by atoms with Crippen LogP contribution in [-0.2, 0) is 28.6 Å². The molecule has 1 unspecified atom stereocenters. The monoisotopic (exact) mass is 1080 g/mol. The zero-order valence-electron chi connectivity index (χ0n) is 51.7. The molecular formula is C71H130O6. The summed E-state index contributed by atoms with van der Waals surface area (Å²) in [4.78, 5) is 38.3. The molecule has 6 heteroatoms. The molecule has 0 fully saturated rings. The van der Waals surface area contributed by atoms with Crippen molar-refractivity contribution >= 4 is 17.9 Å². The summed E-state index contributed by atoms with van der Waals surface area (Å²) >= 11 is 0. The molecule has 0 amide bonds. The fourth-order valence-electron chi connectivity index (χ4n) is 10.1. The van der Waals surface area contributed by atoms with Gasteiger partial charge in [0.15, 0.2) is 6.10 Å². The van der Waals surface area contributed by atoms with E-state index >= 15 is 0 Å². The highest BCUT2D eigenvalue weighted by molar-refractivity contribution is 5.71. The van der Waals surface area contributed by atoms with Gasteiger partial charge in [-0.25, -0.2) is 0 Å². The van der Waals surface area contributed by atoms with Gasteiger partial charge in [-0.1, -0.05) is 301 Å². The Morgan fingerprint density at radius 3 is 0.766 bits per heavy atom. The van der Waals surface area contributed by atoms with Crippen molar-refractivity contribution in [3.63, 3.8) is 0 Å². The van der Waals surface area contributed by atoms with Gasteiger partial charge in [0.1, 0.15) is 13.2 Å². The number of hydrogen-bond acceptors (Lipinski definition) is 6. The Bertz CT molecular complexity index is 1330. The van der Waals surface area contributed by atoms with Crippen LogP contribution in [0, 0.1) is 0 Å². The highest BCUT2D eigenvalue weighted by Crippen LogP contribution is 2.17. The summed E-state index contributed by atoms with van der Waals surface area (Å²) in [6, 6.07) is 0. The molecule has 0 spiro atoms. The molecule has 1 atom stereocenters. The Morgan fingerprint density at radius 2 is 0.481 bits per heavy atom. The van der Waals surface area contributed by atoms with Gasteiger partial charge in [0.05, 0.1) is 0 Å². The molecule has 0 saturated carbocycles. The number of esters is 3. The first-order valence-corrected chi connectivity index (χ1v) is 34.1. The summed E-state index contributed by atoms with van der Waals surface area (Å²) in [7, 11) is 0. The molecule has 0 bridgehead atoms. The van der Waals surface area contributed by atoms with Crippen LogP contribution < -0.4 is 0 Å². The van der Waals surface area contributed by atoms with Crippen LogP contribution in [0.3, 0.4) is 0 Å². The predicted molar refractivity (Wildman–Crippen MR) is 335 cm³/mol. The minimum atomic E-state index is -0.778. The van der Waals surface area contributed by atoms with Crippen molar-refractivity contribution in [3.8, 4) is 0 Å². The van der Waals surface area contributed by atoms with Gasteiger partial charge in [-0.2, -0.15) is 0 Å². The molecule has 0 heterocycles. The van der Waals surface area contributed by atoms with E-state index in [4.69, 9.17) is 14.2 Å². The number of ether oxygens (including phenoxy) is 3. The molecule has 0 N–H and O–H groups in total. The van der Waals surface area contributed by atoms with E-state index in [0.29, 0.717) is 19.3 Å². The van der Waals surface area contributed by atoms with E-state index in [9.17, 15) is 14.4 Å². The molecule has 0 radical (unpaired) electrons. The van der Waals surface area contributed by atoms with Crippen LogP contribution in [0.1, 0.15) is 367 Å². The average Bonchev–Trinajstić information content (AvgIpc) is 3.43. The maximum atomic E-state index is 12.9. The Labute approximate surface area is 479 Å². The van der Waals surface area contributed by atoms with Crippen LogP contribution in [0.4, 0.5) is 0 Å². The van der Waals surface area contributed by atoms with Gasteiger partial charge in [0.2, 0.25) is 0 Å². The minimum Gasteiger partial charge on any atom is -0.462 e. The third-order valence-electron chi connectivity index (χ3n) is 15.3. The molecule has 77 heavy (non-hydrogen) atoms. The summed E-state index contributed by atoms with van der Waals surface area (Å²) in [5.74, 6) is -0.868. The Kier molecular flexibility index (Phi) is 63.6. The molecule has 0 aromatic heterocycles. The summed E-state index contributed by atoms with van der Waals surface area (Å²) in [6.45, 7) is 6.63. The van der Waals surface area contributed by atoms with E-state index in [-0.39, 0.29) is 31.1 Å². The first-order chi connectivity index (χ1) is 38.0. The van der Waals surface area contributed by atoms with Crippen LogP contribution in [-0.4, -0.2) is 37.2 Å². The second-order valence-electron chi connectivity index (χ2n) is 23.1. The van der Waals surface area contributed by atoms with Crippen LogP contribution >= 0.6 is 0 Å². The van der Waals surface area contributed by atoms with Crippen molar-refractivity contribution < 1.29 is 28.6 Å². The third-order valence-corrected chi connectivity index (χ3v) is 15.3. The van der Waals surface area contributed by atoms with Crippen LogP contribution in [0.2, 0.25) is 0 Å². The van der Waals surface area contributed by atoms with Crippen molar-refractivity contribution in [2.24, 2.45) is 0 Å². The summed E-state index contributed by atoms with van der Waals surface area (Å²) in [5, 5.41) is 0. The molecule has 450 valence electrons. The van der Waals surface area contributed by atoms with Crippen LogP contribution in [0.5, 0.6) is 0 Å². The molecule has 0 aromatic rings. The van der Waals surface area contributed by atoms with E-state index in [1.807, 2.05) is 0 Å². The SMILES string of the molecule is CCCC/C=C\CCCCCCCC(=O)OCC(COC(=O)CCCCCCCCCCCCCCCCC/C=C\CCCCCCCCCC)OC(=O)CCCCCCCCCCC/C=C\C/C=C\CCCCCCC. The lowest BCUT2D eigenvalue weighted by Crippen LogP contribution is -2.30. The molecule has 0 rings (SSSR count). The minimum absolute atomic E-state index is 0.0744. The van der Waals surface area contributed by atoms with Crippen molar-refractivity contribution in [1.29, 1.82) is 0 Å². The Balaban J connectivity index is 4.20. The molecule has 0 saturated heterocycles. The van der Waals surface area contributed by atoms with E-state index in [1.165, 1.54) is 257 Å². The predicted octanol–water partition coefficient (Wildman–Crippen LogP) is 23.3. The highest BCUT2D eigenvalue weighted by Gasteiger charge is 2.19. The Morgan fingerprint density at radius 1 is 0.260 bits per heavy atom. The second kappa shape index (κ2) is 65.9. The van der Waals surface area contributed by atoms with Crippen LogP contribution in [0.25, 0.3) is 0 Å². The molecule has 0 aromatic carbocycles. The number of carbonyl (C=O) groups excluding carboxylic acids is 3. The van der Waals surface area contributed by atoms with Gasteiger partial charge >= 0.3 is 17.9 Å². The van der Waals surface area contributed by atoms with Crippen molar-refractivity contribution in [3.05, 3.63) is 48.6 Å². The molecule has 0 aliphatic heterocycles. The highest BCUT2D eigenvalue weighted by atomic mass is 16.6. The van der Waals surface area contributed by atoms with Crippen molar-refractivity contribution in [1.82, 2.24) is 0 Å². The van der Waals surface area contributed by atoms with E-state index < -0.39 is 6.10 Å². The third kappa shape index (κ3) is 64.1. The van der Waals surface area contributed by atoms with Crippen molar-refractivity contribution in [2.45, 2.75) is 374 Å². The molecular weight excluding hydrogens is 949 g/mol. The maximum Gasteiger partial charge on any atom is 0.306 e. The number of carbonyl (C=O) groups is 3. The van der Waals surface area contributed by atoms with Crippen molar-refractivity contribution in [2.75, 3.05) is 13.2 Å². The maximum absolute atomic E-state index is 12.9. The lowest BCUT2D eigenvalue weighted by atomic mass is 10.0. The zero-order chi connectivity index (χ0) is 55.7. The Hall–Kier alpha value is -2.63. The van der Waals surface area contributed by atoms with Gasteiger partial charge in [0.25, 0.3) is 0 Å². The number of hydrogen-bond donors (Lipinski definition) is 0. The van der Waals surface area contributed by atoms with Gasteiger partial charge in [-0.3, -0.25) is 14.4 Å². The summed E-state index contributed by atoms with van der Waals surface area (Å²) in [6.07, 6.45) is 82.8. The fraction of sp³-hybridized carbons (Fsp3) is 0.845. The van der Waals surface area contributed by atoms with Crippen LogP contribution in [0.15, 0.2) is 48.6 Å². The largest absolute Gasteiger partial charge is 0.462 e. The number of allylic oxidation sites excluding steroid dienone is 8. The first-order valence-electron chi connectivity index (χ1n) is 34.1. The summed E-state index contributed by atoms with van der Waals surface area (Å²) < 4.78 is 16.9. The standard InChI is InChI=1S/C71H130O6/c1-4-7-10-13-16-19-22-24-26-28-30-32-33-34-35-36-37-39-40-42-44-46-49-52-55-58-61-64-70(73)76-67-68(66-75-69(72)63-60-57-54-51-48-21-18-15-12-9-6-3)77-71(74)65-62-59-56-53-50-47-45-43-41-38-31-29-27-25-23-20-17-14-11-8-5-2/h15,18,23,25,28-31,68H,4-14,16-17,19-22,24,26-27,32-67H2,1-3H3/b18-15-,25-23-,30-28-,31-29-. The van der Waals surface area contributed by atoms with Gasteiger partial charge in [-0.15, -0.1) is 0 Å². The van der Waals surface area contributed by atoms with E-state index in [2.05, 4.69) is 69.4 Å². The lowest BCUT2D eigenvalue weighted by molar-refractivity contribution is -0.167. The van der Waals surface area contributed by atoms with E-state index in [1.54, 1.807) is 0 Å². The van der Waals surface area contributed by atoms with E-state index in [0.717, 1.165) is 70.6 Å². The number of rotatable bonds is 63. The lowest BCUT2D eigenvalue weighted by Gasteiger charge is -2.18. The molecule has 0 aliphatic rings. The zero-order valence-corrected chi connectivity index (χ0v) is 51.7. The molecule has 0 aliphatic carbocycles. The fourth-order valence-corrected chi connectivity index (χ4v) is 10.1. The quantitative estimate of drug-likeness (QED) is 0.0261. The molecule has 6 nitrogen and oxygen atoms in total. The van der Waals surface area contributed by atoms with Gasteiger partial charge in [0, 0.05) is 19.3 Å². The second-order valence-corrected chi connectivity index (χ2v) is 23.1.